The lowest BCUT2D eigenvalue weighted by atomic mass is 9.98. The van der Waals surface area contributed by atoms with Gasteiger partial charge in [0.25, 0.3) is 0 Å². The summed E-state index contributed by atoms with van der Waals surface area (Å²) < 4.78 is 5.71. The molecule has 2 N–H and O–H groups in total. The highest BCUT2D eigenvalue weighted by Crippen LogP contribution is 2.33. The number of hydrogen-bond acceptors (Lipinski definition) is 3. The highest BCUT2D eigenvalue weighted by atomic mass is 35.5. The second-order valence-electron chi connectivity index (χ2n) is 6.30. The van der Waals surface area contributed by atoms with Crippen molar-refractivity contribution in [1.29, 1.82) is 0 Å². The second kappa shape index (κ2) is 7.30. The molecule has 7 heteroatoms. The molecule has 2 amide bonds. The number of ether oxygens (including phenoxy) is 1. The average Bonchev–Trinajstić information content (AvgIpc) is 2.76. The number of carboxylic acids is 1. The van der Waals surface area contributed by atoms with E-state index in [0.717, 1.165) is 18.4 Å². The van der Waals surface area contributed by atoms with Crippen molar-refractivity contribution in [3.8, 4) is 5.75 Å². The Balaban J connectivity index is 1.71. The Morgan fingerprint density at radius 1 is 1.29 bits per heavy atom. The Morgan fingerprint density at radius 3 is 2.92 bits per heavy atom. The first kappa shape index (κ1) is 16.9. The van der Waals surface area contributed by atoms with E-state index in [1.807, 2.05) is 6.07 Å². The van der Waals surface area contributed by atoms with Crippen molar-refractivity contribution in [1.82, 2.24) is 10.2 Å². The lowest BCUT2D eigenvalue weighted by Crippen LogP contribution is -2.47. The molecule has 1 fully saturated rings. The van der Waals surface area contributed by atoms with Gasteiger partial charge in [0.2, 0.25) is 0 Å². The maximum absolute atomic E-state index is 12.6. The summed E-state index contributed by atoms with van der Waals surface area (Å²) in [4.78, 5) is 25.3. The van der Waals surface area contributed by atoms with E-state index in [2.05, 4.69) is 5.32 Å². The zero-order valence-electron chi connectivity index (χ0n) is 13.3. The molecule has 2 heterocycles. The Morgan fingerprint density at radius 2 is 2.12 bits per heavy atom. The van der Waals surface area contributed by atoms with Crippen molar-refractivity contribution in [3.05, 3.63) is 28.8 Å². The first-order valence-electron chi connectivity index (χ1n) is 8.25. The summed E-state index contributed by atoms with van der Waals surface area (Å²) in [6.07, 6.45) is 2.94. The number of urea groups is 1. The minimum Gasteiger partial charge on any atom is -0.493 e. The number of amides is 2. The number of rotatable bonds is 2. The lowest BCUT2D eigenvalue weighted by Gasteiger charge is -2.32. The predicted molar refractivity (Wildman–Crippen MR) is 89.4 cm³/mol. The summed E-state index contributed by atoms with van der Waals surface area (Å²) >= 11 is 6.02. The van der Waals surface area contributed by atoms with Crippen LogP contribution < -0.4 is 10.1 Å². The molecule has 0 radical (unpaired) electrons. The Labute approximate surface area is 145 Å². The van der Waals surface area contributed by atoms with Crippen molar-refractivity contribution in [2.75, 3.05) is 19.7 Å². The van der Waals surface area contributed by atoms with Crippen LogP contribution in [0.4, 0.5) is 4.79 Å². The van der Waals surface area contributed by atoms with E-state index in [0.29, 0.717) is 36.8 Å². The van der Waals surface area contributed by atoms with E-state index in [9.17, 15) is 9.59 Å². The largest absolute Gasteiger partial charge is 0.493 e. The van der Waals surface area contributed by atoms with Gasteiger partial charge in [-0.2, -0.15) is 0 Å². The first-order valence-corrected chi connectivity index (χ1v) is 8.63. The molecule has 0 aliphatic carbocycles. The van der Waals surface area contributed by atoms with E-state index < -0.39 is 11.9 Å². The number of piperidine rings is 1. The first-order chi connectivity index (χ1) is 11.5. The summed E-state index contributed by atoms with van der Waals surface area (Å²) in [6, 6.07) is 5.06. The molecule has 1 aromatic rings. The van der Waals surface area contributed by atoms with Gasteiger partial charge in [-0.05, 0) is 37.8 Å². The molecular weight excluding hydrogens is 332 g/mol. The minimum atomic E-state index is -0.838. The van der Waals surface area contributed by atoms with Crippen molar-refractivity contribution >= 4 is 23.6 Å². The SMILES string of the molecule is O=C(O)C1CCCN(C(=O)NC2CCCOc3cc(Cl)ccc32)C1. The Kier molecular flexibility index (Phi) is 5.14. The van der Waals surface area contributed by atoms with Crippen molar-refractivity contribution in [3.63, 3.8) is 0 Å². The zero-order valence-corrected chi connectivity index (χ0v) is 14.1. The van der Waals surface area contributed by atoms with Crippen LogP contribution in [-0.2, 0) is 4.79 Å². The third-order valence-corrected chi connectivity index (χ3v) is 4.84. The van der Waals surface area contributed by atoms with Crippen LogP contribution in [0.15, 0.2) is 18.2 Å². The molecule has 0 saturated carbocycles. The predicted octanol–water partition coefficient (Wildman–Crippen LogP) is 3.06. The monoisotopic (exact) mass is 352 g/mol. The number of benzene rings is 1. The van der Waals surface area contributed by atoms with Gasteiger partial charge in [-0.3, -0.25) is 4.79 Å². The molecule has 2 aliphatic heterocycles. The third kappa shape index (κ3) is 3.75. The summed E-state index contributed by atoms with van der Waals surface area (Å²) in [5, 5.41) is 12.8. The van der Waals surface area contributed by atoms with Crippen LogP contribution >= 0.6 is 11.6 Å². The minimum absolute atomic E-state index is 0.155. The van der Waals surface area contributed by atoms with E-state index in [-0.39, 0.29) is 18.6 Å². The van der Waals surface area contributed by atoms with Crippen molar-refractivity contribution in [2.45, 2.75) is 31.7 Å². The normalized spacial score (nSPS) is 23.6. The van der Waals surface area contributed by atoms with E-state index in [1.165, 1.54) is 0 Å². The van der Waals surface area contributed by atoms with Gasteiger partial charge < -0.3 is 20.1 Å². The molecule has 6 nitrogen and oxygen atoms in total. The highest BCUT2D eigenvalue weighted by molar-refractivity contribution is 6.30. The third-order valence-electron chi connectivity index (χ3n) is 4.60. The molecule has 2 unspecified atom stereocenters. The summed E-state index contributed by atoms with van der Waals surface area (Å²) in [5.41, 5.74) is 0.914. The number of likely N-dealkylation sites (tertiary alicyclic amines) is 1. The van der Waals surface area contributed by atoms with Crippen LogP contribution in [0.3, 0.4) is 0 Å². The average molecular weight is 353 g/mol. The topological polar surface area (TPSA) is 78.9 Å². The van der Waals surface area contributed by atoms with Gasteiger partial charge in [0.1, 0.15) is 5.75 Å². The highest BCUT2D eigenvalue weighted by Gasteiger charge is 2.30. The zero-order chi connectivity index (χ0) is 17.1. The molecule has 0 spiro atoms. The van der Waals surface area contributed by atoms with Gasteiger partial charge in [0.15, 0.2) is 0 Å². The molecular formula is C17H21ClN2O4. The van der Waals surface area contributed by atoms with Crippen LogP contribution in [0.5, 0.6) is 5.75 Å². The number of hydrogen-bond donors (Lipinski definition) is 2. The summed E-state index contributed by atoms with van der Waals surface area (Å²) in [5.74, 6) is -0.615. The van der Waals surface area contributed by atoms with E-state index in [1.54, 1.807) is 17.0 Å². The van der Waals surface area contributed by atoms with Gasteiger partial charge >= 0.3 is 12.0 Å². The van der Waals surface area contributed by atoms with Gasteiger partial charge in [0.05, 0.1) is 18.6 Å². The summed E-state index contributed by atoms with van der Waals surface area (Å²) in [6.45, 7) is 1.44. The molecule has 24 heavy (non-hydrogen) atoms. The Bertz CT molecular complexity index is 637. The van der Waals surface area contributed by atoms with Crippen molar-refractivity contribution in [2.24, 2.45) is 5.92 Å². The van der Waals surface area contributed by atoms with E-state index in [4.69, 9.17) is 21.4 Å². The molecule has 0 bridgehead atoms. The molecule has 2 aliphatic rings. The standard InChI is InChI=1S/C17H21ClN2O4/c18-12-5-6-13-14(4-2-8-24-15(13)9-12)19-17(23)20-7-1-3-11(10-20)16(21)22/h5-6,9,11,14H,1-4,7-8,10H2,(H,19,23)(H,21,22). The van der Waals surface area contributed by atoms with E-state index >= 15 is 0 Å². The van der Waals surface area contributed by atoms with Gasteiger partial charge in [-0.25, -0.2) is 4.79 Å². The quantitative estimate of drug-likeness (QED) is 0.857. The van der Waals surface area contributed by atoms with Crippen LogP contribution in [0.2, 0.25) is 5.02 Å². The maximum atomic E-state index is 12.6. The molecule has 3 rings (SSSR count). The number of carboxylic acid groups (broad SMARTS) is 1. The van der Waals surface area contributed by atoms with Crippen molar-refractivity contribution < 1.29 is 19.4 Å². The number of carbonyl (C=O) groups is 2. The number of fused-ring (bicyclic) bond motifs is 1. The number of nitrogens with one attached hydrogen (secondary N) is 1. The number of halogens is 1. The van der Waals surface area contributed by atoms with Crippen LogP contribution in [0.1, 0.15) is 37.3 Å². The smallest absolute Gasteiger partial charge is 0.317 e. The van der Waals surface area contributed by atoms with Gasteiger partial charge in [-0.1, -0.05) is 17.7 Å². The fraction of sp³-hybridized carbons (Fsp3) is 0.529. The lowest BCUT2D eigenvalue weighted by molar-refractivity contribution is -0.143. The number of carbonyl (C=O) groups excluding carboxylic acids is 1. The molecule has 1 saturated heterocycles. The second-order valence-corrected chi connectivity index (χ2v) is 6.73. The molecule has 1 aromatic carbocycles. The summed E-state index contributed by atoms with van der Waals surface area (Å²) in [7, 11) is 0. The van der Waals surface area contributed by atoms with Crippen LogP contribution in [0.25, 0.3) is 0 Å². The number of nitrogens with zero attached hydrogens (tertiary/aromatic N) is 1. The fourth-order valence-corrected chi connectivity index (χ4v) is 3.46. The Hall–Kier alpha value is -1.95. The molecule has 0 aromatic heterocycles. The molecule has 130 valence electrons. The van der Waals surface area contributed by atoms with Crippen LogP contribution in [-0.4, -0.2) is 41.7 Å². The maximum Gasteiger partial charge on any atom is 0.317 e. The van der Waals surface area contributed by atoms with Gasteiger partial charge in [-0.15, -0.1) is 0 Å². The molecule has 2 atom stereocenters. The van der Waals surface area contributed by atoms with Gasteiger partial charge in [0, 0.05) is 23.7 Å². The fourth-order valence-electron chi connectivity index (χ4n) is 3.30. The van der Waals surface area contributed by atoms with Crippen LogP contribution in [0, 0.1) is 5.92 Å². The number of aliphatic carboxylic acids is 1.